The van der Waals surface area contributed by atoms with E-state index in [0.717, 1.165) is 0 Å². The van der Waals surface area contributed by atoms with Gasteiger partial charge in [0.1, 0.15) is 0 Å². The van der Waals surface area contributed by atoms with Crippen molar-refractivity contribution in [1.29, 1.82) is 0 Å². The number of rotatable bonds is 1. The fraction of sp³-hybridized carbons (Fsp3) is 0.375. The minimum Gasteiger partial charge on any atom is -0.0804 e. The summed E-state index contributed by atoms with van der Waals surface area (Å²) < 4.78 is 0. The summed E-state index contributed by atoms with van der Waals surface area (Å²) in [5.74, 6) is 1.35. The average molecular weight is 210 g/mol. The van der Waals surface area contributed by atoms with Crippen LogP contribution in [-0.2, 0) is 0 Å². The quantitative estimate of drug-likeness (QED) is 0.604. The molecule has 0 aromatic carbocycles. The molecule has 0 bridgehead atoms. The van der Waals surface area contributed by atoms with Gasteiger partial charge < -0.3 is 0 Å². The molecule has 16 heavy (non-hydrogen) atoms. The molecule has 0 fully saturated rings. The van der Waals surface area contributed by atoms with Crippen LogP contribution >= 0.6 is 0 Å². The monoisotopic (exact) mass is 210 g/mol. The third-order valence-corrected chi connectivity index (χ3v) is 4.06. The van der Waals surface area contributed by atoms with Crippen LogP contribution in [0.15, 0.2) is 58.7 Å². The van der Waals surface area contributed by atoms with Crippen LogP contribution in [-0.4, -0.2) is 0 Å². The van der Waals surface area contributed by atoms with Crippen molar-refractivity contribution in [2.24, 2.45) is 11.8 Å². The molecule has 0 aliphatic heterocycles. The molecule has 2 unspecified atom stereocenters. The lowest BCUT2D eigenvalue weighted by Crippen LogP contribution is -2.25. The largest absolute Gasteiger partial charge is 0.0804 e. The van der Waals surface area contributed by atoms with Gasteiger partial charge in [0.15, 0.2) is 0 Å². The molecule has 0 N–H and O–H groups in total. The third-order valence-electron chi connectivity index (χ3n) is 4.06. The zero-order valence-electron chi connectivity index (χ0n) is 10.0. The molecule has 0 spiro atoms. The van der Waals surface area contributed by atoms with Crippen molar-refractivity contribution in [3.63, 3.8) is 0 Å². The Hall–Kier alpha value is -1.30. The first-order valence-electron chi connectivity index (χ1n) is 6.28. The van der Waals surface area contributed by atoms with E-state index in [4.69, 9.17) is 0 Å². The molecule has 2 atom stereocenters. The van der Waals surface area contributed by atoms with Crippen LogP contribution < -0.4 is 0 Å². The maximum absolute atomic E-state index is 2.45. The third kappa shape index (κ3) is 1.29. The lowest BCUT2D eigenvalue weighted by Gasteiger charge is -2.38. The summed E-state index contributed by atoms with van der Waals surface area (Å²) in [5, 5.41) is 0. The molecule has 0 nitrogen and oxygen atoms in total. The lowest BCUT2D eigenvalue weighted by molar-refractivity contribution is 0.495. The van der Waals surface area contributed by atoms with Gasteiger partial charge in [-0.15, -0.1) is 0 Å². The summed E-state index contributed by atoms with van der Waals surface area (Å²) >= 11 is 0. The standard InChI is InChI=1S/C16H18/c1-3-12-9-10-14-6-4-5-13-8-7-11(2)15(12)16(13)14/h4-9,14,16H,3,10H2,1-2H3. The molecule has 0 saturated heterocycles. The van der Waals surface area contributed by atoms with Crippen LogP contribution in [0.5, 0.6) is 0 Å². The van der Waals surface area contributed by atoms with Crippen LogP contribution in [0.25, 0.3) is 0 Å². The van der Waals surface area contributed by atoms with E-state index < -0.39 is 0 Å². The van der Waals surface area contributed by atoms with Gasteiger partial charge in [0.25, 0.3) is 0 Å². The minimum absolute atomic E-state index is 0.648. The Morgan fingerprint density at radius 1 is 1.31 bits per heavy atom. The molecule has 0 saturated carbocycles. The molecule has 0 radical (unpaired) electrons. The predicted molar refractivity (Wildman–Crippen MR) is 69.0 cm³/mol. The highest BCUT2D eigenvalue weighted by atomic mass is 14.4. The van der Waals surface area contributed by atoms with Gasteiger partial charge in [-0.2, -0.15) is 0 Å². The van der Waals surface area contributed by atoms with Crippen molar-refractivity contribution in [3.8, 4) is 0 Å². The summed E-state index contributed by atoms with van der Waals surface area (Å²) in [6.45, 7) is 4.53. The maximum Gasteiger partial charge on any atom is 0.0160 e. The summed E-state index contributed by atoms with van der Waals surface area (Å²) in [5.41, 5.74) is 6.16. The highest BCUT2D eigenvalue weighted by Gasteiger charge is 2.33. The Bertz CT molecular complexity index is 466. The SMILES string of the molecule is CCC1=CCC2C=CC=C3C=CC(C)=C1C32. The molecule has 3 aliphatic carbocycles. The second-order valence-corrected chi connectivity index (χ2v) is 4.94. The average Bonchev–Trinajstić information content (AvgIpc) is 2.33. The Labute approximate surface area is 97.7 Å². The maximum atomic E-state index is 2.45. The molecular formula is C16H18. The number of allylic oxidation sites excluding steroid dienone is 10. The summed E-state index contributed by atoms with van der Waals surface area (Å²) in [6.07, 6.45) is 16.3. The van der Waals surface area contributed by atoms with Gasteiger partial charge in [-0.1, -0.05) is 43.4 Å². The highest BCUT2D eigenvalue weighted by Crippen LogP contribution is 2.46. The number of hydrogen-bond acceptors (Lipinski definition) is 0. The molecule has 0 aromatic rings. The van der Waals surface area contributed by atoms with E-state index in [2.05, 4.69) is 50.3 Å². The Balaban J connectivity index is 2.18. The van der Waals surface area contributed by atoms with E-state index in [1.165, 1.54) is 24.0 Å². The van der Waals surface area contributed by atoms with Crippen molar-refractivity contribution >= 4 is 0 Å². The Morgan fingerprint density at radius 2 is 2.19 bits per heavy atom. The van der Waals surface area contributed by atoms with Crippen molar-refractivity contribution in [1.82, 2.24) is 0 Å². The summed E-state index contributed by atoms with van der Waals surface area (Å²) in [4.78, 5) is 0. The van der Waals surface area contributed by atoms with Crippen LogP contribution in [0.4, 0.5) is 0 Å². The van der Waals surface area contributed by atoms with Gasteiger partial charge in [-0.3, -0.25) is 0 Å². The second-order valence-electron chi connectivity index (χ2n) is 4.94. The van der Waals surface area contributed by atoms with E-state index in [1.54, 1.807) is 11.1 Å². The Morgan fingerprint density at radius 3 is 3.00 bits per heavy atom. The normalized spacial score (nSPS) is 31.1. The van der Waals surface area contributed by atoms with Crippen LogP contribution in [0, 0.1) is 11.8 Å². The molecule has 0 heteroatoms. The molecule has 3 aliphatic rings. The zero-order valence-corrected chi connectivity index (χ0v) is 10.0. The van der Waals surface area contributed by atoms with Crippen molar-refractivity contribution in [3.05, 3.63) is 58.7 Å². The first kappa shape index (κ1) is 9.89. The van der Waals surface area contributed by atoms with Gasteiger partial charge >= 0.3 is 0 Å². The molecule has 0 heterocycles. The van der Waals surface area contributed by atoms with E-state index >= 15 is 0 Å². The van der Waals surface area contributed by atoms with Gasteiger partial charge in [0.2, 0.25) is 0 Å². The molecule has 0 aromatic heterocycles. The van der Waals surface area contributed by atoms with Crippen LogP contribution in [0.3, 0.4) is 0 Å². The first-order chi connectivity index (χ1) is 7.81. The van der Waals surface area contributed by atoms with Gasteiger partial charge in [0, 0.05) is 5.92 Å². The van der Waals surface area contributed by atoms with Crippen LogP contribution in [0.1, 0.15) is 26.7 Å². The predicted octanol–water partition coefficient (Wildman–Crippen LogP) is 4.34. The fourth-order valence-corrected chi connectivity index (χ4v) is 3.26. The van der Waals surface area contributed by atoms with Crippen LogP contribution in [0.2, 0.25) is 0 Å². The smallest absolute Gasteiger partial charge is 0.0160 e. The molecular weight excluding hydrogens is 192 g/mol. The van der Waals surface area contributed by atoms with Crippen molar-refractivity contribution in [2.75, 3.05) is 0 Å². The van der Waals surface area contributed by atoms with Gasteiger partial charge in [-0.05, 0) is 48.0 Å². The van der Waals surface area contributed by atoms with Gasteiger partial charge in [0.05, 0.1) is 0 Å². The molecule has 82 valence electrons. The molecule has 3 rings (SSSR count). The first-order valence-corrected chi connectivity index (χ1v) is 6.28. The Kier molecular flexibility index (Phi) is 2.24. The highest BCUT2D eigenvalue weighted by molar-refractivity contribution is 5.55. The topological polar surface area (TPSA) is 0 Å². The van der Waals surface area contributed by atoms with Crippen molar-refractivity contribution in [2.45, 2.75) is 26.7 Å². The lowest BCUT2D eigenvalue weighted by atomic mass is 9.66. The number of hydrogen-bond donors (Lipinski definition) is 0. The van der Waals surface area contributed by atoms with E-state index in [0.29, 0.717) is 11.8 Å². The second kappa shape index (κ2) is 3.62. The fourth-order valence-electron chi connectivity index (χ4n) is 3.26. The van der Waals surface area contributed by atoms with Gasteiger partial charge in [-0.25, -0.2) is 0 Å². The minimum atomic E-state index is 0.648. The molecule has 0 amide bonds. The van der Waals surface area contributed by atoms with E-state index in [-0.39, 0.29) is 0 Å². The summed E-state index contributed by atoms with van der Waals surface area (Å²) in [6, 6.07) is 0. The zero-order chi connectivity index (χ0) is 11.1. The summed E-state index contributed by atoms with van der Waals surface area (Å²) in [7, 11) is 0. The van der Waals surface area contributed by atoms with Crippen molar-refractivity contribution < 1.29 is 0 Å². The van der Waals surface area contributed by atoms with E-state index in [9.17, 15) is 0 Å². The van der Waals surface area contributed by atoms with E-state index in [1.807, 2.05) is 0 Å².